The third-order valence-electron chi connectivity index (χ3n) is 3.79. The number of rotatable bonds is 6. The largest absolute Gasteiger partial charge is 0.481 e. The van der Waals surface area contributed by atoms with E-state index >= 15 is 0 Å². The molecule has 0 fully saturated rings. The van der Waals surface area contributed by atoms with Crippen molar-refractivity contribution in [2.75, 3.05) is 0 Å². The van der Waals surface area contributed by atoms with E-state index in [1.165, 1.54) is 0 Å². The summed E-state index contributed by atoms with van der Waals surface area (Å²) < 4.78 is 2.30. The Morgan fingerprint density at radius 3 is 2.58 bits per heavy atom. The summed E-state index contributed by atoms with van der Waals surface area (Å²) in [7, 11) is 0. The molecular weight excluding hydrogens is 324 g/mol. The highest BCUT2D eigenvalue weighted by Gasteiger charge is 2.19. The predicted molar refractivity (Wildman–Crippen MR) is 92.1 cm³/mol. The summed E-state index contributed by atoms with van der Waals surface area (Å²) in [5, 5.41) is 16.3. The molecule has 24 heavy (non-hydrogen) atoms. The summed E-state index contributed by atoms with van der Waals surface area (Å²) in [6.45, 7) is 0.434. The lowest BCUT2D eigenvalue weighted by molar-refractivity contribution is -0.137. The van der Waals surface area contributed by atoms with E-state index in [1.807, 2.05) is 47.0 Å². The second kappa shape index (κ2) is 7.18. The number of carboxylic acid groups (broad SMARTS) is 1. The Labute approximate surface area is 143 Å². The van der Waals surface area contributed by atoms with Gasteiger partial charge >= 0.3 is 5.97 Å². The first kappa shape index (κ1) is 16.1. The van der Waals surface area contributed by atoms with Gasteiger partial charge in [0.1, 0.15) is 0 Å². The van der Waals surface area contributed by atoms with E-state index in [0.717, 1.165) is 11.1 Å². The molecule has 0 unspecified atom stereocenters. The normalized spacial score (nSPS) is 12.0. The number of hydrogen-bond donors (Lipinski definition) is 2. The standard InChI is InChI=1S/C17H16N4O2S/c22-15(23)10-14(12-4-2-1-3-5-12)11-21-16(19-20-17(21)24)13-6-8-18-9-7-13/h1-9,14H,10-11H2,(H,20,24)(H,22,23)/t14-/m1/s1. The van der Waals surface area contributed by atoms with Gasteiger partial charge in [-0.05, 0) is 29.9 Å². The van der Waals surface area contributed by atoms with Crippen molar-refractivity contribution in [3.63, 3.8) is 0 Å². The molecule has 1 atom stereocenters. The molecule has 0 bridgehead atoms. The Morgan fingerprint density at radius 2 is 1.92 bits per heavy atom. The fourth-order valence-electron chi connectivity index (χ4n) is 2.65. The zero-order valence-electron chi connectivity index (χ0n) is 12.8. The minimum atomic E-state index is -0.843. The van der Waals surface area contributed by atoms with Crippen molar-refractivity contribution in [3.05, 3.63) is 65.2 Å². The maximum atomic E-state index is 11.3. The number of benzene rings is 1. The van der Waals surface area contributed by atoms with Crippen LogP contribution in [0, 0.1) is 4.77 Å². The van der Waals surface area contributed by atoms with Crippen LogP contribution in [0.1, 0.15) is 17.9 Å². The number of H-pyrrole nitrogens is 1. The average molecular weight is 340 g/mol. The zero-order chi connectivity index (χ0) is 16.9. The quantitative estimate of drug-likeness (QED) is 0.673. The number of nitrogens with one attached hydrogen (secondary N) is 1. The Hall–Kier alpha value is -2.80. The molecule has 122 valence electrons. The maximum absolute atomic E-state index is 11.3. The summed E-state index contributed by atoms with van der Waals surface area (Å²) in [5.41, 5.74) is 1.84. The van der Waals surface area contributed by atoms with Gasteiger partial charge in [-0.1, -0.05) is 30.3 Å². The SMILES string of the molecule is O=C(O)C[C@H](Cn1c(-c2ccncc2)n[nH]c1=S)c1ccccc1. The molecule has 0 saturated carbocycles. The molecule has 1 aromatic carbocycles. The Morgan fingerprint density at radius 1 is 1.21 bits per heavy atom. The second-order valence-electron chi connectivity index (χ2n) is 5.40. The average Bonchev–Trinajstić information content (AvgIpc) is 2.96. The number of carboxylic acids is 1. The maximum Gasteiger partial charge on any atom is 0.304 e. The lowest BCUT2D eigenvalue weighted by atomic mass is 9.95. The van der Waals surface area contributed by atoms with Crippen LogP contribution in [0.4, 0.5) is 0 Å². The van der Waals surface area contributed by atoms with Gasteiger partial charge in [-0.2, -0.15) is 5.10 Å². The van der Waals surface area contributed by atoms with Gasteiger partial charge in [0.25, 0.3) is 0 Å². The fourth-order valence-corrected chi connectivity index (χ4v) is 2.86. The number of aromatic nitrogens is 4. The monoisotopic (exact) mass is 340 g/mol. The first-order valence-electron chi connectivity index (χ1n) is 7.47. The Kier molecular flexibility index (Phi) is 4.81. The second-order valence-corrected chi connectivity index (χ2v) is 5.79. The molecule has 2 aromatic heterocycles. The molecule has 3 rings (SSSR count). The van der Waals surface area contributed by atoms with Gasteiger partial charge in [0.15, 0.2) is 10.6 Å². The minimum absolute atomic E-state index is 0.0206. The highest BCUT2D eigenvalue weighted by molar-refractivity contribution is 7.71. The number of nitrogens with zero attached hydrogens (tertiary/aromatic N) is 3. The molecule has 0 spiro atoms. The smallest absolute Gasteiger partial charge is 0.304 e. The van der Waals surface area contributed by atoms with Crippen molar-refractivity contribution in [1.29, 1.82) is 0 Å². The molecule has 0 aliphatic rings. The molecule has 2 N–H and O–H groups in total. The van der Waals surface area contributed by atoms with Crippen molar-refractivity contribution >= 4 is 18.2 Å². The van der Waals surface area contributed by atoms with Crippen LogP contribution in [0.5, 0.6) is 0 Å². The van der Waals surface area contributed by atoms with Gasteiger partial charge < -0.3 is 5.11 Å². The van der Waals surface area contributed by atoms with E-state index in [2.05, 4.69) is 15.2 Å². The number of aliphatic carboxylic acids is 1. The van der Waals surface area contributed by atoms with Crippen molar-refractivity contribution in [1.82, 2.24) is 19.7 Å². The van der Waals surface area contributed by atoms with Gasteiger partial charge in [0, 0.05) is 30.4 Å². The fraction of sp³-hybridized carbons (Fsp3) is 0.176. The molecule has 3 aromatic rings. The molecule has 0 aliphatic heterocycles. The summed E-state index contributed by atoms with van der Waals surface area (Å²) in [6, 6.07) is 13.3. The molecule has 2 heterocycles. The summed E-state index contributed by atoms with van der Waals surface area (Å²) in [5.74, 6) is -0.369. The highest BCUT2D eigenvalue weighted by Crippen LogP contribution is 2.25. The van der Waals surface area contributed by atoms with Crippen molar-refractivity contribution in [3.8, 4) is 11.4 Å². The molecule has 0 saturated heterocycles. The van der Waals surface area contributed by atoms with Crippen LogP contribution in [0.2, 0.25) is 0 Å². The molecular formula is C17H16N4O2S. The molecule has 7 heteroatoms. The van der Waals surface area contributed by atoms with E-state index in [0.29, 0.717) is 17.1 Å². The molecule has 0 radical (unpaired) electrons. The highest BCUT2D eigenvalue weighted by atomic mass is 32.1. The third kappa shape index (κ3) is 3.57. The lowest BCUT2D eigenvalue weighted by Crippen LogP contribution is -2.14. The van der Waals surface area contributed by atoms with Crippen molar-refractivity contribution in [2.24, 2.45) is 0 Å². The van der Waals surface area contributed by atoms with Crippen LogP contribution in [0.15, 0.2) is 54.9 Å². The third-order valence-corrected chi connectivity index (χ3v) is 4.10. The van der Waals surface area contributed by atoms with Crippen LogP contribution in [-0.4, -0.2) is 30.8 Å². The van der Waals surface area contributed by atoms with E-state index in [1.54, 1.807) is 12.4 Å². The predicted octanol–water partition coefficient (Wildman–Crippen LogP) is 3.26. The van der Waals surface area contributed by atoms with Gasteiger partial charge in [0.05, 0.1) is 6.42 Å². The van der Waals surface area contributed by atoms with Crippen molar-refractivity contribution < 1.29 is 9.90 Å². The summed E-state index contributed by atoms with van der Waals surface area (Å²) in [6.07, 6.45) is 3.39. The van der Waals surface area contributed by atoms with Crippen LogP contribution >= 0.6 is 12.2 Å². The van der Waals surface area contributed by atoms with E-state index in [4.69, 9.17) is 12.2 Å². The van der Waals surface area contributed by atoms with Gasteiger partial charge in [-0.15, -0.1) is 0 Å². The van der Waals surface area contributed by atoms with Crippen LogP contribution in [-0.2, 0) is 11.3 Å². The van der Waals surface area contributed by atoms with E-state index < -0.39 is 5.97 Å². The molecule has 0 amide bonds. The van der Waals surface area contributed by atoms with Crippen molar-refractivity contribution in [2.45, 2.75) is 18.9 Å². The molecule has 6 nitrogen and oxygen atoms in total. The van der Waals surface area contributed by atoms with Gasteiger partial charge in [0.2, 0.25) is 0 Å². The number of pyridine rings is 1. The van der Waals surface area contributed by atoms with E-state index in [9.17, 15) is 9.90 Å². The summed E-state index contributed by atoms with van der Waals surface area (Å²) >= 11 is 5.34. The first-order chi connectivity index (χ1) is 11.6. The number of aromatic amines is 1. The summed E-state index contributed by atoms with van der Waals surface area (Å²) in [4.78, 5) is 15.3. The van der Waals surface area contributed by atoms with Gasteiger partial charge in [-0.25, -0.2) is 0 Å². The van der Waals surface area contributed by atoms with Crippen LogP contribution in [0.3, 0.4) is 0 Å². The number of hydrogen-bond acceptors (Lipinski definition) is 4. The van der Waals surface area contributed by atoms with Gasteiger partial charge in [-0.3, -0.25) is 19.4 Å². The van der Waals surface area contributed by atoms with Crippen LogP contribution < -0.4 is 0 Å². The first-order valence-corrected chi connectivity index (χ1v) is 7.88. The topological polar surface area (TPSA) is 83.8 Å². The minimum Gasteiger partial charge on any atom is -0.481 e. The van der Waals surface area contributed by atoms with E-state index in [-0.39, 0.29) is 12.3 Å². The van der Waals surface area contributed by atoms with Crippen LogP contribution in [0.25, 0.3) is 11.4 Å². The molecule has 0 aliphatic carbocycles. The lowest BCUT2D eigenvalue weighted by Gasteiger charge is -2.17. The zero-order valence-corrected chi connectivity index (χ0v) is 13.6. The Bertz CT molecular complexity index is 874. The number of carbonyl (C=O) groups is 1. The Balaban J connectivity index is 1.98.